The predicted octanol–water partition coefficient (Wildman–Crippen LogP) is 3.13. The molecule has 1 unspecified atom stereocenters. The van der Waals surface area contributed by atoms with E-state index >= 15 is 0 Å². The number of carbonyl (C=O) groups excluding carboxylic acids is 1. The minimum Gasteiger partial charge on any atom is -0.336 e. The highest BCUT2D eigenvalue weighted by Crippen LogP contribution is 2.23. The van der Waals surface area contributed by atoms with Gasteiger partial charge in [-0.1, -0.05) is 18.5 Å². The maximum Gasteiger partial charge on any atom is 0.252 e. The highest BCUT2D eigenvalue weighted by molar-refractivity contribution is 9.10. The van der Waals surface area contributed by atoms with E-state index in [1.54, 1.807) is 18.2 Å². The maximum absolute atomic E-state index is 11.7. The molecule has 1 amide bonds. The second kappa shape index (κ2) is 5.88. The topological polar surface area (TPSA) is 52.9 Å². The van der Waals surface area contributed by atoms with Gasteiger partial charge in [0.2, 0.25) is 0 Å². The molecule has 0 spiro atoms. The monoisotopic (exact) mass is 300 g/mol. The van der Waals surface area contributed by atoms with Gasteiger partial charge in [-0.05, 0) is 40.5 Å². The molecule has 16 heavy (non-hydrogen) atoms. The summed E-state index contributed by atoms with van der Waals surface area (Å²) in [6.07, 6.45) is 0.580. The van der Waals surface area contributed by atoms with Crippen LogP contribution in [0.1, 0.15) is 23.7 Å². The van der Waals surface area contributed by atoms with E-state index in [-0.39, 0.29) is 5.91 Å². The van der Waals surface area contributed by atoms with E-state index in [9.17, 15) is 4.79 Å². The van der Waals surface area contributed by atoms with Crippen molar-refractivity contribution in [2.75, 3.05) is 0 Å². The SMILES string of the molecule is CCC(C#N)NC(=O)c1ccc(Cl)c(Br)c1. The molecular formula is C11H10BrClN2O. The zero-order valence-electron chi connectivity index (χ0n) is 8.63. The third-order valence-corrected chi connectivity index (χ3v) is 3.27. The molecule has 0 saturated carbocycles. The first-order valence-corrected chi connectivity index (χ1v) is 5.91. The Labute approximate surface area is 108 Å². The number of hydrogen-bond acceptors (Lipinski definition) is 2. The molecule has 1 N–H and O–H groups in total. The van der Waals surface area contributed by atoms with E-state index in [2.05, 4.69) is 21.2 Å². The van der Waals surface area contributed by atoms with Crippen molar-refractivity contribution < 1.29 is 4.79 Å². The first kappa shape index (κ1) is 13.0. The molecule has 0 saturated heterocycles. The Morgan fingerprint density at radius 3 is 2.88 bits per heavy atom. The molecule has 0 aliphatic carbocycles. The Morgan fingerprint density at radius 2 is 2.38 bits per heavy atom. The number of hydrogen-bond donors (Lipinski definition) is 1. The van der Waals surface area contributed by atoms with Gasteiger partial charge >= 0.3 is 0 Å². The maximum atomic E-state index is 11.7. The first-order chi connectivity index (χ1) is 7.58. The highest BCUT2D eigenvalue weighted by Gasteiger charge is 2.12. The molecule has 1 aromatic rings. The predicted molar refractivity (Wildman–Crippen MR) is 66.3 cm³/mol. The van der Waals surface area contributed by atoms with Gasteiger partial charge < -0.3 is 5.32 Å². The van der Waals surface area contributed by atoms with E-state index in [4.69, 9.17) is 16.9 Å². The third-order valence-electron chi connectivity index (χ3n) is 2.05. The average Bonchev–Trinajstić information content (AvgIpc) is 2.29. The van der Waals surface area contributed by atoms with Gasteiger partial charge in [0.05, 0.1) is 11.1 Å². The quantitative estimate of drug-likeness (QED) is 0.932. The molecule has 0 radical (unpaired) electrons. The summed E-state index contributed by atoms with van der Waals surface area (Å²) in [5.74, 6) is -0.272. The van der Waals surface area contributed by atoms with E-state index in [1.165, 1.54) is 0 Å². The van der Waals surface area contributed by atoms with E-state index < -0.39 is 6.04 Å². The summed E-state index contributed by atoms with van der Waals surface area (Å²) in [7, 11) is 0. The van der Waals surface area contributed by atoms with Crippen molar-refractivity contribution in [3.8, 4) is 6.07 Å². The lowest BCUT2D eigenvalue weighted by Crippen LogP contribution is -2.33. The van der Waals surface area contributed by atoms with Crippen molar-refractivity contribution in [3.63, 3.8) is 0 Å². The van der Waals surface area contributed by atoms with E-state index in [1.807, 2.05) is 13.0 Å². The van der Waals surface area contributed by atoms with E-state index in [0.29, 0.717) is 21.5 Å². The van der Waals surface area contributed by atoms with Crippen LogP contribution >= 0.6 is 27.5 Å². The lowest BCUT2D eigenvalue weighted by atomic mass is 10.2. The van der Waals surface area contributed by atoms with Crippen LogP contribution in [0.4, 0.5) is 0 Å². The molecule has 1 rings (SSSR count). The van der Waals surface area contributed by atoms with Gasteiger partial charge in [-0.15, -0.1) is 0 Å². The molecule has 0 aliphatic rings. The van der Waals surface area contributed by atoms with Crippen molar-refractivity contribution in [3.05, 3.63) is 33.3 Å². The second-order valence-corrected chi connectivity index (χ2v) is 4.45. The van der Waals surface area contributed by atoms with Crippen LogP contribution in [0.3, 0.4) is 0 Å². The molecule has 0 aromatic heterocycles. The molecule has 1 aromatic carbocycles. The summed E-state index contributed by atoms with van der Waals surface area (Å²) in [6, 6.07) is 6.43. The fraction of sp³-hybridized carbons (Fsp3) is 0.273. The summed E-state index contributed by atoms with van der Waals surface area (Å²) >= 11 is 9.05. The number of rotatable bonds is 3. The van der Waals surface area contributed by atoms with Gasteiger partial charge in [-0.2, -0.15) is 5.26 Å². The molecule has 84 valence electrons. The van der Waals surface area contributed by atoms with Crippen molar-refractivity contribution in [1.29, 1.82) is 5.26 Å². The molecule has 3 nitrogen and oxygen atoms in total. The summed E-state index contributed by atoms with van der Waals surface area (Å²) < 4.78 is 0.659. The summed E-state index contributed by atoms with van der Waals surface area (Å²) in [6.45, 7) is 1.84. The minimum atomic E-state index is -0.457. The van der Waals surface area contributed by atoms with Crippen LogP contribution in [-0.2, 0) is 0 Å². The zero-order valence-corrected chi connectivity index (χ0v) is 11.0. The molecule has 0 aliphatic heterocycles. The van der Waals surface area contributed by atoms with Crippen molar-refractivity contribution in [2.45, 2.75) is 19.4 Å². The number of nitrogens with one attached hydrogen (secondary N) is 1. The minimum absolute atomic E-state index is 0.272. The van der Waals surface area contributed by atoms with Crippen LogP contribution in [0.2, 0.25) is 5.02 Å². The first-order valence-electron chi connectivity index (χ1n) is 4.74. The van der Waals surface area contributed by atoms with Crippen LogP contribution in [-0.4, -0.2) is 11.9 Å². The van der Waals surface area contributed by atoms with Crippen molar-refractivity contribution in [2.24, 2.45) is 0 Å². The number of amides is 1. The smallest absolute Gasteiger partial charge is 0.252 e. The second-order valence-electron chi connectivity index (χ2n) is 3.19. The largest absolute Gasteiger partial charge is 0.336 e. The molecule has 0 fully saturated rings. The Bertz CT molecular complexity index is 442. The summed E-state index contributed by atoms with van der Waals surface area (Å²) in [4.78, 5) is 11.7. The molecular weight excluding hydrogens is 291 g/mol. The van der Waals surface area contributed by atoms with Crippen LogP contribution in [0.5, 0.6) is 0 Å². The number of nitrogens with zero attached hydrogens (tertiary/aromatic N) is 1. The van der Waals surface area contributed by atoms with Crippen molar-refractivity contribution >= 4 is 33.4 Å². The Morgan fingerprint density at radius 1 is 1.69 bits per heavy atom. The van der Waals surface area contributed by atoms with Gasteiger partial charge in [0.1, 0.15) is 6.04 Å². The molecule has 1 atom stereocenters. The molecule has 0 bridgehead atoms. The Hall–Kier alpha value is -1.05. The number of nitriles is 1. The number of benzene rings is 1. The lowest BCUT2D eigenvalue weighted by molar-refractivity contribution is 0.0944. The molecule has 5 heteroatoms. The van der Waals surface area contributed by atoms with Crippen LogP contribution < -0.4 is 5.32 Å². The van der Waals surface area contributed by atoms with Gasteiger partial charge in [0.15, 0.2) is 0 Å². The Kier molecular flexibility index (Phi) is 4.78. The van der Waals surface area contributed by atoms with Crippen LogP contribution in [0.25, 0.3) is 0 Å². The van der Waals surface area contributed by atoms with Gasteiger partial charge in [-0.25, -0.2) is 0 Å². The van der Waals surface area contributed by atoms with E-state index in [0.717, 1.165) is 0 Å². The van der Waals surface area contributed by atoms with Gasteiger partial charge in [-0.3, -0.25) is 4.79 Å². The lowest BCUT2D eigenvalue weighted by Gasteiger charge is -2.09. The van der Waals surface area contributed by atoms with Gasteiger partial charge in [0.25, 0.3) is 5.91 Å². The molecule has 0 heterocycles. The normalized spacial score (nSPS) is 11.6. The van der Waals surface area contributed by atoms with Crippen LogP contribution in [0, 0.1) is 11.3 Å². The zero-order chi connectivity index (χ0) is 12.1. The fourth-order valence-electron chi connectivity index (χ4n) is 1.10. The Balaban J connectivity index is 2.81. The number of halogens is 2. The van der Waals surface area contributed by atoms with Crippen LogP contribution in [0.15, 0.2) is 22.7 Å². The average molecular weight is 302 g/mol. The highest BCUT2D eigenvalue weighted by atomic mass is 79.9. The summed E-state index contributed by atoms with van der Waals surface area (Å²) in [5, 5.41) is 11.9. The third kappa shape index (κ3) is 3.22. The summed E-state index contributed by atoms with van der Waals surface area (Å²) in [5.41, 5.74) is 0.477. The van der Waals surface area contributed by atoms with Gasteiger partial charge in [0, 0.05) is 10.0 Å². The van der Waals surface area contributed by atoms with Crippen molar-refractivity contribution in [1.82, 2.24) is 5.32 Å². The fourth-order valence-corrected chi connectivity index (χ4v) is 1.60. The standard InChI is InChI=1S/C11H10BrClN2O/c1-2-8(6-14)15-11(16)7-3-4-10(13)9(12)5-7/h3-5,8H,2H2,1H3,(H,15,16). The number of carbonyl (C=O) groups is 1.